The Hall–Kier alpha value is -3.93. The van der Waals surface area contributed by atoms with Crippen LogP contribution in [0, 0.1) is 22.2 Å². The molecule has 4 saturated carbocycles. The van der Waals surface area contributed by atoms with Crippen molar-refractivity contribution in [2.24, 2.45) is 22.2 Å². The van der Waals surface area contributed by atoms with Gasteiger partial charge in [0.1, 0.15) is 17.2 Å². The van der Waals surface area contributed by atoms with Gasteiger partial charge in [0.15, 0.2) is 0 Å². The molecule has 3 aromatic carbocycles. The summed E-state index contributed by atoms with van der Waals surface area (Å²) >= 11 is 0. The quantitative estimate of drug-likeness (QED) is 0.319. The molecular formula is C31H28O6. The summed E-state index contributed by atoms with van der Waals surface area (Å²) in [5.41, 5.74) is -2.91. The third kappa shape index (κ3) is 4.20. The minimum atomic E-state index is -0.972. The first-order chi connectivity index (χ1) is 17.9. The van der Waals surface area contributed by atoms with Gasteiger partial charge in [0.25, 0.3) is 0 Å². The first kappa shape index (κ1) is 23.5. The Morgan fingerprint density at radius 1 is 0.486 bits per heavy atom. The molecule has 6 heteroatoms. The Morgan fingerprint density at radius 3 is 1.03 bits per heavy atom. The van der Waals surface area contributed by atoms with E-state index in [0.717, 1.165) is 0 Å². The fourth-order valence-corrected chi connectivity index (χ4v) is 7.23. The van der Waals surface area contributed by atoms with Crippen LogP contribution in [0.2, 0.25) is 0 Å². The Balaban J connectivity index is 1.36. The van der Waals surface area contributed by atoms with Gasteiger partial charge in [-0.25, -0.2) is 0 Å². The molecule has 0 spiro atoms. The van der Waals surface area contributed by atoms with E-state index >= 15 is 0 Å². The average molecular weight is 497 g/mol. The van der Waals surface area contributed by atoms with Crippen molar-refractivity contribution in [3.05, 3.63) is 91.0 Å². The van der Waals surface area contributed by atoms with Crippen LogP contribution in [-0.4, -0.2) is 17.9 Å². The maximum Gasteiger partial charge on any atom is 0.317 e. The number of hydrogen-bond acceptors (Lipinski definition) is 6. The molecule has 3 aromatic rings. The van der Waals surface area contributed by atoms with Gasteiger partial charge in [-0.15, -0.1) is 0 Å². The van der Waals surface area contributed by atoms with Crippen molar-refractivity contribution in [3.63, 3.8) is 0 Å². The Morgan fingerprint density at radius 2 is 0.757 bits per heavy atom. The van der Waals surface area contributed by atoms with Crippen molar-refractivity contribution >= 4 is 17.9 Å². The third-order valence-electron chi connectivity index (χ3n) is 8.23. The van der Waals surface area contributed by atoms with E-state index in [2.05, 4.69) is 0 Å². The fraction of sp³-hybridized carbons (Fsp3) is 0.323. The molecule has 7 rings (SSSR count). The SMILES string of the molecule is O=C(Oc1ccccc1)C12CC3CC(C(=O)Oc4ccccc4)(C1)CC(C(=O)Oc1ccccc1)(C3)C2. The number of benzene rings is 3. The van der Waals surface area contributed by atoms with Crippen LogP contribution in [0.15, 0.2) is 91.0 Å². The van der Waals surface area contributed by atoms with E-state index in [1.165, 1.54) is 0 Å². The number of carbonyl (C=O) groups excluding carboxylic acids is 3. The smallest absolute Gasteiger partial charge is 0.317 e. The molecule has 0 atom stereocenters. The van der Waals surface area contributed by atoms with Crippen molar-refractivity contribution in [2.75, 3.05) is 0 Å². The highest BCUT2D eigenvalue weighted by atomic mass is 16.5. The number of hydrogen-bond donors (Lipinski definition) is 0. The summed E-state index contributed by atoms with van der Waals surface area (Å²) < 4.78 is 17.5. The van der Waals surface area contributed by atoms with Gasteiger partial charge in [0.2, 0.25) is 0 Å². The van der Waals surface area contributed by atoms with Gasteiger partial charge >= 0.3 is 17.9 Å². The van der Waals surface area contributed by atoms with Crippen LogP contribution in [0.5, 0.6) is 17.2 Å². The molecule has 37 heavy (non-hydrogen) atoms. The molecule has 188 valence electrons. The van der Waals surface area contributed by atoms with Gasteiger partial charge in [-0.05, 0) is 80.8 Å². The van der Waals surface area contributed by atoms with Gasteiger partial charge in [-0.1, -0.05) is 54.6 Å². The summed E-state index contributed by atoms with van der Waals surface area (Å²) in [4.78, 5) is 41.4. The van der Waals surface area contributed by atoms with E-state index in [0.29, 0.717) is 55.8 Å². The van der Waals surface area contributed by atoms with E-state index in [1.54, 1.807) is 72.8 Å². The van der Waals surface area contributed by atoms with E-state index in [-0.39, 0.29) is 5.92 Å². The lowest BCUT2D eigenvalue weighted by atomic mass is 9.39. The summed E-state index contributed by atoms with van der Waals surface area (Å²) in [6.07, 6.45) is 2.65. The van der Waals surface area contributed by atoms with Gasteiger partial charge in [0, 0.05) is 0 Å². The van der Waals surface area contributed by atoms with E-state index in [1.807, 2.05) is 18.2 Å². The van der Waals surface area contributed by atoms with Crippen molar-refractivity contribution in [1.82, 2.24) is 0 Å². The Bertz CT molecular complexity index is 1150. The van der Waals surface area contributed by atoms with Crippen molar-refractivity contribution < 1.29 is 28.6 Å². The fourth-order valence-electron chi connectivity index (χ4n) is 7.23. The van der Waals surface area contributed by atoms with Gasteiger partial charge < -0.3 is 14.2 Å². The molecule has 4 aliphatic rings. The lowest BCUT2D eigenvalue weighted by molar-refractivity contribution is -0.205. The van der Waals surface area contributed by atoms with Crippen molar-refractivity contribution in [1.29, 1.82) is 0 Å². The summed E-state index contributed by atoms with van der Waals surface area (Å²) in [5.74, 6) is 0.177. The Kier molecular flexibility index (Phi) is 5.63. The van der Waals surface area contributed by atoms with Gasteiger partial charge in [-0.2, -0.15) is 0 Å². The van der Waals surface area contributed by atoms with E-state index in [9.17, 15) is 14.4 Å². The van der Waals surface area contributed by atoms with Gasteiger partial charge in [-0.3, -0.25) is 14.4 Å². The van der Waals surface area contributed by atoms with Crippen molar-refractivity contribution in [3.8, 4) is 17.2 Å². The van der Waals surface area contributed by atoms with Crippen LogP contribution in [0.25, 0.3) is 0 Å². The van der Waals surface area contributed by atoms with Crippen LogP contribution in [0.1, 0.15) is 38.5 Å². The number of carbonyl (C=O) groups is 3. The zero-order chi connectivity index (χ0) is 25.5. The highest BCUT2D eigenvalue weighted by molar-refractivity contribution is 5.89. The first-order valence-corrected chi connectivity index (χ1v) is 12.7. The normalized spacial score (nSPS) is 29.4. The third-order valence-corrected chi connectivity index (χ3v) is 8.23. The molecule has 4 fully saturated rings. The van der Waals surface area contributed by atoms with Crippen LogP contribution in [0.4, 0.5) is 0 Å². The molecule has 0 saturated heterocycles. The number of ether oxygens (including phenoxy) is 3. The van der Waals surface area contributed by atoms with Crippen molar-refractivity contribution in [2.45, 2.75) is 38.5 Å². The van der Waals surface area contributed by atoms with E-state index in [4.69, 9.17) is 14.2 Å². The molecule has 0 aromatic heterocycles. The summed E-state index contributed by atoms with van der Waals surface area (Å²) in [5, 5.41) is 0. The minimum absolute atomic E-state index is 0.00576. The van der Waals surface area contributed by atoms with Crippen LogP contribution in [0.3, 0.4) is 0 Å². The topological polar surface area (TPSA) is 78.9 Å². The molecule has 6 nitrogen and oxygen atoms in total. The van der Waals surface area contributed by atoms with Crippen LogP contribution in [-0.2, 0) is 14.4 Å². The number of rotatable bonds is 6. The molecule has 0 N–H and O–H groups in total. The molecule has 0 aliphatic heterocycles. The summed E-state index contributed by atoms with van der Waals surface area (Å²) in [6.45, 7) is 0. The summed E-state index contributed by atoms with van der Waals surface area (Å²) in [6, 6.07) is 26.8. The lowest BCUT2D eigenvalue weighted by Gasteiger charge is -2.62. The minimum Gasteiger partial charge on any atom is -0.426 e. The molecule has 0 amide bonds. The molecule has 0 radical (unpaired) electrons. The van der Waals surface area contributed by atoms with Gasteiger partial charge in [0.05, 0.1) is 16.2 Å². The lowest BCUT2D eigenvalue weighted by Crippen LogP contribution is -2.65. The van der Waals surface area contributed by atoms with E-state index < -0.39 is 34.2 Å². The molecule has 4 bridgehead atoms. The zero-order valence-electron chi connectivity index (χ0n) is 20.4. The second-order valence-electron chi connectivity index (χ2n) is 11.0. The molecule has 4 aliphatic carbocycles. The summed E-state index contributed by atoms with van der Waals surface area (Å²) in [7, 11) is 0. The van der Waals surface area contributed by atoms with Crippen LogP contribution < -0.4 is 14.2 Å². The standard InChI is InChI=1S/C31H28O6/c32-26(35-23-10-4-1-5-11-23)29-16-22-17-30(19-29,27(33)36-24-12-6-2-7-13-24)21-31(18-22,20-29)28(34)37-25-14-8-3-9-15-25/h1-15,22H,16-21H2. The maximum absolute atomic E-state index is 13.8. The predicted octanol–water partition coefficient (Wildman–Crippen LogP) is 5.76. The highest BCUT2D eigenvalue weighted by Crippen LogP contribution is 2.70. The molecule has 0 unspecified atom stereocenters. The second kappa shape index (κ2) is 8.87. The first-order valence-electron chi connectivity index (χ1n) is 12.7. The Labute approximate surface area is 215 Å². The predicted molar refractivity (Wildman–Crippen MR) is 135 cm³/mol. The average Bonchev–Trinajstić information content (AvgIpc) is 2.90. The number of esters is 3. The number of para-hydroxylation sites is 3. The monoisotopic (exact) mass is 496 g/mol. The zero-order valence-corrected chi connectivity index (χ0v) is 20.4. The largest absolute Gasteiger partial charge is 0.426 e. The highest BCUT2D eigenvalue weighted by Gasteiger charge is 2.71. The second-order valence-corrected chi connectivity index (χ2v) is 11.0. The maximum atomic E-state index is 13.8. The molecule has 0 heterocycles. The van der Waals surface area contributed by atoms with Crippen LogP contribution >= 0.6 is 0 Å². The molecular weight excluding hydrogens is 468 g/mol.